The molecular weight excluding hydrogens is 367 g/mol. The molecule has 25 heavy (non-hydrogen) atoms. The van der Waals surface area contributed by atoms with Gasteiger partial charge in [-0.15, -0.1) is 11.3 Å². The molecule has 1 N–H and O–H groups in total. The van der Waals surface area contributed by atoms with E-state index in [-0.39, 0.29) is 29.1 Å². The number of likely N-dealkylation sites (N-methyl/N-ethyl adjacent to an activating group) is 1. The Morgan fingerprint density at radius 2 is 1.92 bits per heavy atom. The molecule has 0 bridgehead atoms. The summed E-state index contributed by atoms with van der Waals surface area (Å²) in [6.07, 6.45) is 0. The summed E-state index contributed by atoms with van der Waals surface area (Å²) in [4.78, 5) is 11.7. The van der Waals surface area contributed by atoms with E-state index in [4.69, 9.17) is 4.74 Å². The minimum atomic E-state index is -3.62. The first-order valence-corrected chi connectivity index (χ1v) is 9.72. The number of rotatable bonds is 8. The number of thiophene rings is 1. The quantitative estimate of drug-likeness (QED) is 0.755. The molecule has 0 atom stereocenters. The number of carbonyl (C=O) groups excluding carboxylic acids is 1. The Kier molecular flexibility index (Phi) is 6.51. The maximum absolute atomic E-state index is 12.8. The largest absolute Gasteiger partial charge is 0.492 e. The number of hydrogen-bond donors (Lipinski definition) is 1. The lowest BCUT2D eigenvalue weighted by molar-refractivity contribution is -0.119. The molecule has 0 spiro atoms. The van der Waals surface area contributed by atoms with Gasteiger partial charge >= 0.3 is 0 Å². The molecule has 2 rings (SSSR count). The van der Waals surface area contributed by atoms with Crippen LogP contribution in [0.1, 0.15) is 11.8 Å². The molecule has 1 heterocycles. The molecule has 9 heteroatoms. The Balaban J connectivity index is 1.91. The summed E-state index contributed by atoms with van der Waals surface area (Å²) in [6, 6.07) is 8.72. The smallest absolute Gasteiger partial charge is 0.252 e. The lowest BCUT2D eigenvalue weighted by atomic mass is 10.3. The van der Waals surface area contributed by atoms with Crippen LogP contribution < -0.4 is 10.1 Å². The number of ether oxygens (including phenoxy) is 1. The summed E-state index contributed by atoms with van der Waals surface area (Å²) in [6.45, 7) is 2.00. The van der Waals surface area contributed by atoms with E-state index < -0.39 is 10.0 Å². The predicted molar refractivity (Wildman–Crippen MR) is 93.6 cm³/mol. The highest BCUT2D eigenvalue weighted by molar-refractivity contribution is 7.91. The zero-order valence-electron chi connectivity index (χ0n) is 13.9. The monoisotopic (exact) mass is 386 g/mol. The van der Waals surface area contributed by atoms with Crippen molar-refractivity contribution in [2.45, 2.75) is 17.7 Å². The third-order valence-corrected chi connectivity index (χ3v) is 6.71. The number of benzene rings is 1. The van der Waals surface area contributed by atoms with Crippen LogP contribution in [0.5, 0.6) is 5.75 Å². The number of amides is 1. The van der Waals surface area contributed by atoms with Crippen LogP contribution in [0.3, 0.4) is 0 Å². The second kappa shape index (κ2) is 8.41. The Hall–Kier alpha value is -1.97. The molecule has 136 valence electrons. The van der Waals surface area contributed by atoms with Gasteiger partial charge in [0.15, 0.2) is 0 Å². The molecule has 1 amide bonds. The molecule has 0 fully saturated rings. The van der Waals surface area contributed by atoms with Crippen molar-refractivity contribution < 1.29 is 22.3 Å². The Bertz CT molecular complexity index is 819. The molecule has 0 aliphatic rings. The highest BCUT2D eigenvalue weighted by Gasteiger charge is 2.22. The van der Waals surface area contributed by atoms with Gasteiger partial charge in [0, 0.05) is 25.4 Å². The van der Waals surface area contributed by atoms with Crippen LogP contribution in [0.25, 0.3) is 0 Å². The second-order valence-electron chi connectivity index (χ2n) is 5.26. The molecule has 2 aromatic rings. The van der Waals surface area contributed by atoms with Crippen LogP contribution in [0.15, 0.2) is 40.6 Å². The van der Waals surface area contributed by atoms with Gasteiger partial charge in [-0.3, -0.25) is 4.79 Å². The molecular formula is C16H19FN2O4S2. The lowest BCUT2D eigenvalue weighted by Crippen LogP contribution is -2.30. The molecule has 1 aromatic carbocycles. The number of nitrogens with one attached hydrogen (secondary N) is 1. The summed E-state index contributed by atoms with van der Waals surface area (Å²) in [7, 11) is -2.15. The van der Waals surface area contributed by atoms with Crippen molar-refractivity contribution in [1.29, 1.82) is 0 Å². The predicted octanol–water partition coefficient (Wildman–Crippen LogP) is 2.22. The lowest BCUT2D eigenvalue weighted by Gasteiger charge is -2.16. The van der Waals surface area contributed by atoms with Crippen molar-refractivity contribution in [3.8, 4) is 5.75 Å². The zero-order valence-corrected chi connectivity index (χ0v) is 15.5. The third kappa shape index (κ3) is 5.52. The van der Waals surface area contributed by atoms with Crippen molar-refractivity contribution in [2.75, 3.05) is 20.2 Å². The van der Waals surface area contributed by atoms with E-state index in [9.17, 15) is 17.6 Å². The first-order chi connectivity index (χ1) is 11.8. The summed E-state index contributed by atoms with van der Waals surface area (Å²) < 4.78 is 44.7. The summed E-state index contributed by atoms with van der Waals surface area (Å²) >= 11 is 1.11. The molecule has 0 radical (unpaired) electrons. The SMILES string of the molecule is CC(=O)NCc1ccc(S(=O)(=O)N(C)CCOc2ccc(F)cc2)s1. The van der Waals surface area contributed by atoms with Gasteiger partial charge in [0.25, 0.3) is 10.0 Å². The van der Waals surface area contributed by atoms with Crippen molar-refractivity contribution in [1.82, 2.24) is 9.62 Å². The second-order valence-corrected chi connectivity index (χ2v) is 8.70. The first-order valence-electron chi connectivity index (χ1n) is 7.47. The van der Waals surface area contributed by atoms with Crippen LogP contribution in [-0.4, -0.2) is 38.8 Å². The van der Waals surface area contributed by atoms with E-state index in [1.54, 1.807) is 6.07 Å². The van der Waals surface area contributed by atoms with Gasteiger partial charge in [0.1, 0.15) is 22.4 Å². The number of carbonyl (C=O) groups is 1. The number of hydrogen-bond acceptors (Lipinski definition) is 5. The average molecular weight is 386 g/mol. The minimum Gasteiger partial charge on any atom is -0.492 e. The molecule has 0 saturated heterocycles. The molecule has 6 nitrogen and oxygen atoms in total. The fourth-order valence-corrected chi connectivity index (χ4v) is 4.56. The van der Waals surface area contributed by atoms with E-state index in [0.29, 0.717) is 12.3 Å². The third-order valence-electron chi connectivity index (χ3n) is 3.30. The molecule has 0 unspecified atom stereocenters. The first kappa shape index (κ1) is 19.4. The Morgan fingerprint density at radius 1 is 1.24 bits per heavy atom. The van der Waals surface area contributed by atoms with E-state index in [2.05, 4.69) is 5.32 Å². The van der Waals surface area contributed by atoms with Crippen LogP contribution >= 0.6 is 11.3 Å². The zero-order chi connectivity index (χ0) is 18.4. The van der Waals surface area contributed by atoms with Gasteiger partial charge in [-0.2, -0.15) is 4.31 Å². The topological polar surface area (TPSA) is 75.7 Å². The molecule has 1 aromatic heterocycles. The number of nitrogens with zero attached hydrogens (tertiary/aromatic N) is 1. The van der Waals surface area contributed by atoms with Gasteiger partial charge in [0.05, 0.1) is 6.54 Å². The van der Waals surface area contributed by atoms with Gasteiger partial charge < -0.3 is 10.1 Å². The van der Waals surface area contributed by atoms with Crippen LogP contribution in [-0.2, 0) is 21.4 Å². The summed E-state index contributed by atoms with van der Waals surface area (Å²) in [5.41, 5.74) is 0. The minimum absolute atomic E-state index is 0.144. The number of sulfonamides is 1. The molecule has 0 aliphatic carbocycles. The van der Waals surface area contributed by atoms with Crippen LogP contribution in [0.4, 0.5) is 4.39 Å². The normalized spacial score (nSPS) is 11.5. The van der Waals surface area contributed by atoms with Gasteiger partial charge in [-0.1, -0.05) is 0 Å². The fraction of sp³-hybridized carbons (Fsp3) is 0.312. The van der Waals surface area contributed by atoms with E-state index in [1.165, 1.54) is 48.6 Å². The maximum Gasteiger partial charge on any atom is 0.252 e. The summed E-state index contributed by atoms with van der Waals surface area (Å²) in [5.74, 6) is -0.0615. The molecule has 0 saturated carbocycles. The van der Waals surface area contributed by atoms with Gasteiger partial charge in [-0.25, -0.2) is 12.8 Å². The van der Waals surface area contributed by atoms with Gasteiger partial charge in [0.2, 0.25) is 5.91 Å². The van der Waals surface area contributed by atoms with E-state index in [0.717, 1.165) is 16.2 Å². The molecule has 0 aliphatic heterocycles. The van der Waals surface area contributed by atoms with Crippen LogP contribution in [0.2, 0.25) is 0 Å². The van der Waals surface area contributed by atoms with Gasteiger partial charge in [-0.05, 0) is 36.4 Å². The standard InChI is InChI=1S/C16H19FN2O4S2/c1-12(20)18-11-15-7-8-16(24-15)25(21,22)19(2)9-10-23-14-5-3-13(17)4-6-14/h3-8H,9-11H2,1-2H3,(H,18,20). The van der Waals surface area contributed by atoms with Crippen molar-refractivity contribution in [3.05, 3.63) is 47.1 Å². The highest BCUT2D eigenvalue weighted by atomic mass is 32.2. The fourth-order valence-electron chi connectivity index (χ4n) is 1.90. The van der Waals surface area contributed by atoms with Crippen molar-refractivity contribution in [2.24, 2.45) is 0 Å². The Labute approximate surface area is 150 Å². The van der Waals surface area contributed by atoms with Crippen molar-refractivity contribution in [3.63, 3.8) is 0 Å². The van der Waals surface area contributed by atoms with E-state index >= 15 is 0 Å². The number of halogens is 1. The Morgan fingerprint density at radius 3 is 2.56 bits per heavy atom. The summed E-state index contributed by atoms with van der Waals surface area (Å²) in [5, 5.41) is 2.63. The van der Waals surface area contributed by atoms with Crippen LogP contribution in [0, 0.1) is 5.82 Å². The van der Waals surface area contributed by atoms with Crippen molar-refractivity contribution >= 4 is 27.3 Å². The average Bonchev–Trinajstić information content (AvgIpc) is 3.04. The highest BCUT2D eigenvalue weighted by Crippen LogP contribution is 2.24. The van der Waals surface area contributed by atoms with E-state index in [1.807, 2.05) is 0 Å². The maximum atomic E-state index is 12.8.